The molecule has 0 aromatic heterocycles. The van der Waals surface area contributed by atoms with Gasteiger partial charge < -0.3 is 9.47 Å². The summed E-state index contributed by atoms with van der Waals surface area (Å²) in [5.41, 5.74) is 4.85. The summed E-state index contributed by atoms with van der Waals surface area (Å²) in [4.78, 5) is 12.1. The maximum atomic E-state index is 12.1. The third-order valence-corrected chi connectivity index (χ3v) is 4.98. The second-order valence-corrected chi connectivity index (χ2v) is 7.87. The Balaban J connectivity index is 1.62. The normalized spacial score (nSPS) is 10.7. The van der Waals surface area contributed by atoms with E-state index in [1.54, 1.807) is 37.6 Å². The van der Waals surface area contributed by atoms with Crippen LogP contribution in [0.15, 0.2) is 80.8 Å². The third kappa shape index (κ3) is 6.17. The molecule has 0 atom stereocenters. The van der Waals surface area contributed by atoms with Crippen molar-refractivity contribution in [2.45, 2.75) is 6.61 Å². The number of benzene rings is 3. The van der Waals surface area contributed by atoms with Gasteiger partial charge in [0, 0.05) is 14.5 Å². The molecule has 148 valence electrons. The van der Waals surface area contributed by atoms with E-state index in [2.05, 4.69) is 42.4 Å². The van der Waals surface area contributed by atoms with Crippen LogP contribution < -0.4 is 14.9 Å². The fraction of sp³-hybridized carbons (Fsp3) is 0.0909. The molecule has 0 saturated heterocycles. The van der Waals surface area contributed by atoms with E-state index in [1.807, 2.05) is 42.5 Å². The summed E-state index contributed by atoms with van der Waals surface area (Å²) in [7, 11) is 1.58. The predicted molar refractivity (Wildman–Crippen MR) is 121 cm³/mol. The number of amides is 1. The minimum Gasteiger partial charge on any atom is -0.493 e. The van der Waals surface area contributed by atoms with Crippen molar-refractivity contribution >= 4 is 44.0 Å². The van der Waals surface area contributed by atoms with E-state index >= 15 is 0 Å². The Kier molecular flexibility index (Phi) is 7.43. The highest BCUT2D eigenvalue weighted by atomic mass is 79.9. The van der Waals surface area contributed by atoms with Crippen LogP contribution in [-0.2, 0) is 6.61 Å². The first kappa shape index (κ1) is 21.1. The topological polar surface area (TPSA) is 59.9 Å². The molecule has 5 nitrogen and oxygen atoms in total. The SMILES string of the molecule is COc1cc(/C=N\NC(=O)c2cccc(Br)c2)ccc1OCc1ccc(Br)cc1. The van der Waals surface area contributed by atoms with Crippen molar-refractivity contribution < 1.29 is 14.3 Å². The number of rotatable bonds is 7. The molecule has 0 heterocycles. The third-order valence-electron chi connectivity index (χ3n) is 3.96. The molecule has 1 amide bonds. The van der Waals surface area contributed by atoms with Crippen molar-refractivity contribution in [3.8, 4) is 11.5 Å². The molecular weight excluding hydrogens is 500 g/mol. The largest absolute Gasteiger partial charge is 0.493 e. The Morgan fingerprint density at radius 2 is 1.79 bits per heavy atom. The minimum atomic E-state index is -0.288. The number of hydrogen-bond donors (Lipinski definition) is 1. The lowest BCUT2D eigenvalue weighted by Crippen LogP contribution is -2.17. The van der Waals surface area contributed by atoms with Gasteiger partial charge in [-0.25, -0.2) is 5.43 Å². The van der Waals surface area contributed by atoms with Crippen molar-refractivity contribution in [1.82, 2.24) is 5.43 Å². The van der Waals surface area contributed by atoms with E-state index in [4.69, 9.17) is 9.47 Å². The van der Waals surface area contributed by atoms with Gasteiger partial charge in [-0.3, -0.25) is 4.79 Å². The van der Waals surface area contributed by atoms with Crippen molar-refractivity contribution in [2.75, 3.05) is 7.11 Å². The molecule has 3 rings (SSSR count). The first-order chi connectivity index (χ1) is 14.0. The van der Waals surface area contributed by atoms with Gasteiger partial charge in [-0.1, -0.05) is 50.1 Å². The zero-order chi connectivity index (χ0) is 20.6. The monoisotopic (exact) mass is 516 g/mol. The molecule has 0 aliphatic rings. The lowest BCUT2D eigenvalue weighted by molar-refractivity contribution is 0.0955. The van der Waals surface area contributed by atoms with Gasteiger partial charge in [0.1, 0.15) is 6.61 Å². The summed E-state index contributed by atoms with van der Waals surface area (Å²) in [5.74, 6) is 0.930. The zero-order valence-corrected chi connectivity index (χ0v) is 18.7. The van der Waals surface area contributed by atoms with E-state index < -0.39 is 0 Å². The molecular formula is C22H18Br2N2O3. The molecule has 0 aliphatic carbocycles. The Hall–Kier alpha value is -2.64. The Morgan fingerprint density at radius 1 is 1.00 bits per heavy atom. The van der Waals surface area contributed by atoms with Crippen LogP contribution in [0.1, 0.15) is 21.5 Å². The number of nitrogens with zero attached hydrogens (tertiary/aromatic N) is 1. The first-order valence-electron chi connectivity index (χ1n) is 8.69. The number of hydrogen-bond acceptors (Lipinski definition) is 4. The molecule has 3 aromatic rings. The zero-order valence-electron chi connectivity index (χ0n) is 15.6. The highest BCUT2D eigenvalue weighted by molar-refractivity contribution is 9.10. The van der Waals surface area contributed by atoms with Crippen LogP contribution in [0.2, 0.25) is 0 Å². The van der Waals surface area contributed by atoms with Gasteiger partial charge in [-0.05, 0) is 59.7 Å². The maximum Gasteiger partial charge on any atom is 0.271 e. The highest BCUT2D eigenvalue weighted by Crippen LogP contribution is 2.28. The van der Waals surface area contributed by atoms with Gasteiger partial charge in [0.2, 0.25) is 0 Å². The van der Waals surface area contributed by atoms with E-state index in [1.165, 1.54) is 0 Å². The van der Waals surface area contributed by atoms with E-state index in [0.717, 1.165) is 20.1 Å². The summed E-state index contributed by atoms with van der Waals surface area (Å²) in [5, 5.41) is 4.01. The molecule has 7 heteroatoms. The number of hydrazone groups is 1. The van der Waals surface area contributed by atoms with Gasteiger partial charge in [0.15, 0.2) is 11.5 Å². The second kappa shape index (κ2) is 10.2. The second-order valence-electron chi connectivity index (χ2n) is 6.03. The number of halogens is 2. The number of carbonyl (C=O) groups is 1. The summed E-state index contributed by atoms with van der Waals surface area (Å²) in [6.45, 7) is 0.430. The predicted octanol–water partition coefficient (Wildman–Crippen LogP) is 5.56. The van der Waals surface area contributed by atoms with E-state index in [-0.39, 0.29) is 5.91 Å². The molecule has 29 heavy (non-hydrogen) atoms. The molecule has 3 aromatic carbocycles. The van der Waals surface area contributed by atoms with Crippen molar-refractivity contribution in [2.24, 2.45) is 5.10 Å². The van der Waals surface area contributed by atoms with Crippen LogP contribution in [0.4, 0.5) is 0 Å². The van der Waals surface area contributed by atoms with Crippen molar-refractivity contribution in [3.63, 3.8) is 0 Å². The molecule has 0 spiro atoms. The van der Waals surface area contributed by atoms with E-state index in [9.17, 15) is 4.79 Å². The summed E-state index contributed by atoms with van der Waals surface area (Å²) < 4.78 is 13.1. The lowest BCUT2D eigenvalue weighted by atomic mass is 10.2. The Labute approximate surface area is 186 Å². The molecule has 0 fully saturated rings. The van der Waals surface area contributed by atoms with Crippen LogP contribution >= 0.6 is 31.9 Å². The highest BCUT2D eigenvalue weighted by Gasteiger charge is 2.07. The van der Waals surface area contributed by atoms with Gasteiger partial charge in [-0.2, -0.15) is 5.10 Å². The average Bonchev–Trinajstić information content (AvgIpc) is 2.73. The van der Waals surface area contributed by atoms with Crippen LogP contribution in [-0.4, -0.2) is 19.2 Å². The van der Waals surface area contributed by atoms with Gasteiger partial charge in [-0.15, -0.1) is 0 Å². The molecule has 0 aliphatic heterocycles. The molecule has 0 unspecified atom stereocenters. The summed E-state index contributed by atoms with van der Waals surface area (Å²) in [6, 6.07) is 20.5. The van der Waals surface area contributed by atoms with Crippen LogP contribution in [0.5, 0.6) is 11.5 Å². The lowest BCUT2D eigenvalue weighted by Gasteiger charge is -2.11. The maximum absolute atomic E-state index is 12.1. The number of carbonyl (C=O) groups excluding carboxylic acids is 1. The number of nitrogens with one attached hydrogen (secondary N) is 1. The Bertz CT molecular complexity index is 1020. The van der Waals surface area contributed by atoms with Crippen molar-refractivity contribution in [1.29, 1.82) is 0 Å². The Morgan fingerprint density at radius 3 is 2.52 bits per heavy atom. The van der Waals surface area contributed by atoms with Crippen molar-refractivity contribution in [3.05, 3.63) is 92.4 Å². The van der Waals surface area contributed by atoms with Crippen LogP contribution in [0.25, 0.3) is 0 Å². The number of methoxy groups -OCH3 is 1. The smallest absolute Gasteiger partial charge is 0.271 e. The summed E-state index contributed by atoms with van der Waals surface area (Å²) in [6.07, 6.45) is 1.55. The molecule has 0 radical (unpaired) electrons. The minimum absolute atomic E-state index is 0.288. The van der Waals surface area contributed by atoms with Gasteiger partial charge in [0.25, 0.3) is 5.91 Å². The quantitative estimate of drug-likeness (QED) is 0.329. The first-order valence-corrected chi connectivity index (χ1v) is 10.3. The molecule has 0 saturated carbocycles. The number of ether oxygens (including phenoxy) is 2. The molecule has 0 bridgehead atoms. The average molecular weight is 518 g/mol. The van der Waals surface area contributed by atoms with E-state index in [0.29, 0.717) is 23.7 Å². The van der Waals surface area contributed by atoms with Crippen LogP contribution in [0, 0.1) is 0 Å². The van der Waals surface area contributed by atoms with Gasteiger partial charge >= 0.3 is 0 Å². The fourth-order valence-electron chi connectivity index (χ4n) is 2.49. The fourth-order valence-corrected chi connectivity index (χ4v) is 3.15. The van der Waals surface area contributed by atoms with Crippen LogP contribution in [0.3, 0.4) is 0 Å². The molecule has 1 N–H and O–H groups in total. The summed E-state index contributed by atoms with van der Waals surface area (Å²) >= 11 is 6.76. The standard InChI is InChI=1S/C22H18Br2N2O3/c1-28-21-11-16(13-25-26-22(27)17-3-2-4-19(24)12-17)7-10-20(21)29-14-15-5-8-18(23)9-6-15/h2-13H,14H2,1H3,(H,26,27)/b25-13-. The van der Waals surface area contributed by atoms with Gasteiger partial charge in [0.05, 0.1) is 13.3 Å².